The quantitative estimate of drug-likeness (QED) is 0.593. The van der Waals surface area contributed by atoms with E-state index in [9.17, 15) is 5.11 Å². The van der Waals surface area contributed by atoms with Crippen molar-refractivity contribution in [3.63, 3.8) is 0 Å². The number of hydrogen-bond donors (Lipinski definition) is 2. The maximum Gasteiger partial charge on any atom is 0.190 e. The fourth-order valence-electron chi connectivity index (χ4n) is 2.05. The molecule has 0 aromatic heterocycles. The maximum absolute atomic E-state index is 10.4. The van der Waals surface area contributed by atoms with Gasteiger partial charge in [-0.25, -0.2) is 0 Å². The van der Waals surface area contributed by atoms with Crippen molar-refractivity contribution in [1.82, 2.24) is 4.90 Å². The van der Waals surface area contributed by atoms with Gasteiger partial charge in [0.25, 0.3) is 0 Å². The van der Waals surface area contributed by atoms with Crippen LogP contribution in [0.25, 0.3) is 0 Å². The molecule has 1 aliphatic heterocycles. The lowest BCUT2D eigenvalue weighted by atomic mass is 10.1. The largest absolute Gasteiger partial charge is 0.363 e. The smallest absolute Gasteiger partial charge is 0.190 e. The third-order valence-electron chi connectivity index (χ3n) is 2.96. The molecule has 0 amide bonds. The molecular weight excluding hydrogens is 206 g/mol. The van der Waals surface area contributed by atoms with Crippen molar-refractivity contribution >= 4 is 12.6 Å². The van der Waals surface area contributed by atoms with Crippen LogP contribution in [0.5, 0.6) is 0 Å². The van der Waals surface area contributed by atoms with Crippen LogP contribution in [-0.2, 0) is 5.06 Å². The second-order valence-corrected chi connectivity index (χ2v) is 4.67. The molecule has 0 radical (unpaired) electrons. The van der Waals surface area contributed by atoms with Crippen LogP contribution in [0, 0.1) is 0 Å². The molecule has 0 saturated carbocycles. The van der Waals surface area contributed by atoms with Crippen LogP contribution >= 0.6 is 12.6 Å². The molecule has 0 spiro atoms. The molecule has 1 N–H and O–H groups in total. The Morgan fingerprint density at radius 3 is 2.27 bits per heavy atom. The summed E-state index contributed by atoms with van der Waals surface area (Å²) >= 11 is 4.40. The predicted molar refractivity (Wildman–Crippen MR) is 64.7 cm³/mol. The minimum atomic E-state index is -1.11. The summed E-state index contributed by atoms with van der Waals surface area (Å²) in [6.07, 6.45) is 3.56. The highest BCUT2D eigenvalue weighted by Gasteiger charge is 2.32. The molecule has 1 aromatic carbocycles. The molecule has 1 heterocycles. The van der Waals surface area contributed by atoms with Gasteiger partial charge in [-0.1, -0.05) is 36.8 Å². The van der Waals surface area contributed by atoms with Gasteiger partial charge in [-0.15, -0.1) is 12.6 Å². The summed E-state index contributed by atoms with van der Waals surface area (Å²) in [6.45, 7) is 1.85. The number of hydrogen-bond acceptors (Lipinski definition) is 3. The monoisotopic (exact) mass is 223 g/mol. The molecule has 2 nitrogen and oxygen atoms in total. The molecule has 1 aromatic rings. The van der Waals surface area contributed by atoms with Crippen LogP contribution in [0.1, 0.15) is 24.8 Å². The first-order valence-electron chi connectivity index (χ1n) is 5.46. The van der Waals surface area contributed by atoms with Gasteiger partial charge >= 0.3 is 0 Å². The fourth-order valence-corrected chi connectivity index (χ4v) is 2.40. The number of benzene rings is 1. The molecule has 0 aliphatic carbocycles. The number of aliphatic hydroxyl groups is 1. The number of likely N-dealkylation sites (tertiary alicyclic amines) is 1. The molecule has 1 atom stereocenters. The summed E-state index contributed by atoms with van der Waals surface area (Å²) < 4.78 is 0. The average Bonchev–Trinajstić information content (AvgIpc) is 2.31. The summed E-state index contributed by atoms with van der Waals surface area (Å²) in [5.41, 5.74) is 0.857. The zero-order valence-corrected chi connectivity index (χ0v) is 9.66. The van der Waals surface area contributed by atoms with Crippen LogP contribution < -0.4 is 0 Å². The first kappa shape index (κ1) is 11.0. The predicted octanol–water partition coefficient (Wildman–Crippen LogP) is 2.20. The Morgan fingerprint density at radius 2 is 1.67 bits per heavy atom. The Kier molecular flexibility index (Phi) is 3.34. The molecule has 15 heavy (non-hydrogen) atoms. The van der Waals surface area contributed by atoms with E-state index in [0.29, 0.717) is 0 Å². The zero-order chi connectivity index (χ0) is 10.7. The number of thiol groups is 1. The lowest BCUT2D eigenvalue weighted by Gasteiger charge is -2.38. The molecule has 1 fully saturated rings. The van der Waals surface area contributed by atoms with Crippen molar-refractivity contribution in [3.8, 4) is 0 Å². The van der Waals surface area contributed by atoms with Gasteiger partial charge in [0.2, 0.25) is 0 Å². The van der Waals surface area contributed by atoms with E-state index in [4.69, 9.17) is 0 Å². The SMILES string of the molecule is O[C@](S)(c1ccccc1)N1CCCCC1. The Balaban J connectivity index is 2.18. The summed E-state index contributed by atoms with van der Waals surface area (Å²) in [7, 11) is 0. The number of nitrogens with zero attached hydrogens (tertiary/aromatic N) is 1. The van der Waals surface area contributed by atoms with Gasteiger partial charge in [-0.2, -0.15) is 0 Å². The first-order chi connectivity index (χ1) is 7.21. The molecule has 1 aliphatic rings. The Bertz CT molecular complexity index is 307. The highest BCUT2D eigenvalue weighted by Crippen LogP contribution is 2.31. The van der Waals surface area contributed by atoms with Gasteiger partial charge in [-0.05, 0) is 12.8 Å². The lowest BCUT2D eigenvalue weighted by Crippen LogP contribution is -2.44. The first-order valence-corrected chi connectivity index (χ1v) is 5.91. The highest BCUT2D eigenvalue weighted by atomic mass is 32.1. The summed E-state index contributed by atoms with van der Waals surface area (Å²) in [6, 6.07) is 9.65. The van der Waals surface area contributed by atoms with Crippen molar-refractivity contribution in [2.75, 3.05) is 13.1 Å². The van der Waals surface area contributed by atoms with E-state index in [2.05, 4.69) is 12.6 Å². The number of piperidine rings is 1. The van der Waals surface area contributed by atoms with Gasteiger partial charge in [-0.3, -0.25) is 4.90 Å². The molecule has 1 saturated heterocycles. The van der Waals surface area contributed by atoms with Gasteiger partial charge in [0.1, 0.15) is 0 Å². The van der Waals surface area contributed by atoms with Crippen molar-refractivity contribution in [2.24, 2.45) is 0 Å². The summed E-state index contributed by atoms with van der Waals surface area (Å²) in [5.74, 6) is 0. The van der Waals surface area contributed by atoms with Gasteiger partial charge in [0.05, 0.1) is 0 Å². The highest BCUT2D eigenvalue weighted by molar-refractivity contribution is 7.81. The van der Waals surface area contributed by atoms with Crippen molar-refractivity contribution < 1.29 is 5.11 Å². The lowest BCUT2D eigenvalue weighted by molar-refractivity contribution is -0.0421. The number of rotatable bonds is 2. The standard InChI is InChI=1S/C12H17NOS/c14-12(15,11-7-3-1-4-8-11)13-9-5-2-6-10-13/h1,3-4,7-8,14-15H,2,5-6,9-10H2/t12-/m0/s1. The van der Waals surface area contributed by atoms with Gasteiger partial charge in [0.15, 0.2) is 5.06 Å². The molecule has 0 unspecified atom stereocenters. The average molecular weight is 223 g/mol. The summed E-state index contributed by atoms with van der Waals surface area (Å²) in [4.78, 5) is 2.04. The normalized spacial score (nSPS) is 22.3. The minimum Gasteiger partial charge on any atom is -0.363 e. The van der Waals surface area contributed by atoms with Crippen LogP contribution in [0.3, 0.4) is 0 Å². The van der Waals surface area contributed by atoms with Crippen molar-refractivity contribution in [2.45, 2.75) is 24.3 Å². The van der Waals surface area contributed by atoms with Gasteiger partial charge in [0, 0.05) is 18.7 Å². The Labute approximate surface area is 96.3 Å². The van der Waals surface area contributed by atoms with Crippen molar-refractivity contribution in [1.29, 1.82) is 0 Å². The van der Waals surface area contributed by atoms with Gasteiger partial charge < -0.3 is 5.11 Å². The maximum atomic E-state index is 10.4. The van der Waals surface area contributed by atoms with E-state index < -0.39 is 5.06 Å². The van der Waals surface area contributed by atoms with Crippen molar-refractivity contribution in [3.05, 3.63) is 35.9 Å². The second kappa shape index (κ2) is 4.56. The Morgan fingerprint density at radius 1 is 1.07 bits per heavy atom. The van der Waals surface area contributed by atoms with E-state index in [0.717, 1.165) is 31.5 Å². The van der Waals surface area contributed by atoms with Crippen LogP contribution in [0.4, 0.5) is 0 Å². The van der Waals surface area contributed by atoms with E-state index >= 15 is 0 Å². The van der Waals surface area contributed by atoms with E-state index in [1.807, 2.05) is 35.2 Å². The van der Waals surface area contributed by atoms with Crippen LogP contribution in [0.2, 0.25) is 0 Å². The zero-order valence-electron chi connectivity index (χ0n) is 8.76. The molecular formula is C12H17NOS. The van der Waals surface area contributed by atoms with E-state index in [1.165, 1.54) is 6.42 Å². The summed E-state index contributed by atoms with van der Waals surface area (Å²) in [5, 5.41) is 9.29. The minimum absolute atomic E-state index is 0.857. The molecule has 3 heteroatoms. The topological polar surface area (TPSA) is 23.5 Å². The van der Waals surface area contributed by atoms with E-state index in [1.54, 1.807) is 0 Å². The molecule has 2 rings (SSSR count). The Hall–Kier alpha value is -0.510. The third-order valence-corrected chi connectivity index (χ3v) is 3.50. The third kappa shape index (κ3) is 2.36. The molecule has 82 valence electrons. The van der Waals surface area contributed by atoms with Crippen LogP contribution in [-0.4, -0.2) is 23.1 Å². The molecule has 0 bridgehead atoms. The van der Waals surface area contributed by atoms with Crippen LogP contribution in [0.15, 0.2) is 30.3 Å². The second-order valence-electron chi connectivity index (χ2n) is 4.05. The van der Waals surface area contributed by atoms with E-state index in [-0.39, 0.29) is 0 Å². The fraction of sp³-hybridized carbons (Fsp3) is 0.500.